The van der Waals surface area contributed by atoms with Gasteiger partial charge in [-0.05, 0) is 45.7 Å². The summed E-state index contributed by atoms with van der Waals surface area (Å²) < 4.78 is 5.38. The van der Waals surface area contributed by atoms with Crippen LogP contribution < -0.4 is 4.74 Å². The van der Waals surface area contributed by atoms with Crippen molar-refractivity contribution in [1.29, 1.82) is 0 Å². The van der Waals surface area contributed by atoms with E-state index in [2.05, 4.69) is 11.9 Å². The van der Waals surface area contributed by atoms with Crippen molar-refractivity contribution >= 4 is 11.4 Å². The van der Waals surface area contributed by atoms with Crippen LogP contribution in [0.4, 0.5) is 5.69 Å². The van der Waals surface area contributed by atoms with Gasteiger partial charge in [0.25, 0.3) is 0 Å². The van der Waals surface area contributed by atoms with Gasteiger partial charge in [-0.25, -0.2) is 0 Å². The monoisotopic (exact) mass is 263 g/mol. The highest BCUT2D eigenvalue weighted by Crippen LogP contribution is 2.35. The largest absolute Gasteiger partial charge is 0.496 e. The number of rotatable bonds is 5. The van der Waals surface area contributed by atoms with Gasteiger partial charge in [-0.2, -0.15) is 0 Å². The Kier molecular flexibility index (Phi) is 5.12. The van der Waals surface area contributed by atoms with Gasteiger partial charge in [-0.3, -0.25) is 4.99 Å². The van der Waals surface area contributed by atoms with Crippen molar-refractivity contribution in [2.24, 2.45) is 4.99 Å². The fraction of sp³-hybridized carbons (Fsp3) is 0.562. The molecule has 0 fully saturated rings. The van der Waals surface area contributed by atoms with Crippen molar-refractivity contribution in [2.75, 3.05) is 7.11 Å². The van der Waals surface area contributed by atoms with Crippen LogP contribution in [0.25, 0.3) is 0 Å². The van der Waals surface area contributed by atoms with Gasteiger partial charge in [-0.15, -0.1) is 0 Å². The Balaban J connectivity index is 3.28. The van der Waals surface area contributed by atoms with Crippen molar-refractivity contribution in [3.05, 3.63) is 23.3 Å². The molecule has 0 unspecified atom stereocenters. The van der Waals surface area contributed by atoms with E-state index in [1.165, 1.54) is 0 Å². The summed E-state index contributed by atoms with van der Waals surface area (Å²) in [5, 5.41) is 10.2. The molecule has 0 aromatic heterocycles. The molecule has 0 aliphatic rings. The summed E-state index contributed by atoms with van der Waals surface area (Å²) in [5.41, 5.74) is 2.95. The summed E-state index contributed by atoms with van der Waals surface area (Å²) in [7, 11) is 1.62. The first-order valence-corrected chi connectivity index (χ1v) is 6.75. The van der Waals surface area contributed by atoms with E-state index in [0.29, 0.717) is 5.75 Å². The number of methoxy groups -OCH3 is 1. The number of aliphatic hydroxyl groups is 1. The molecule has 0 bridgehead atoms. The van der Waals surface area contributed by atoms with Gasteiger partial charge >= 0.3 is 0 Å². The Labute approximate surface area is 116 Å². The van der Waals surface area contributed by atoms with E-state index in [0.717, 1.165) is 35.4 Å². The lowest BCUT2D eigenvalue weighted by molar-refractivity contribution is 0.0756. The first-order chi connectivity index (χ1) is 8.79. The molecule has 0 aliphatic heterocycles. The Morgan fingerprint density at radius 3 is 2.47 bits per heavy atom. The van der Waals surface area contributed by atoms with E-state index >= 15 is 0 Å². The normalized spacial score (nSPS) is 12.7. The van der Waals surface area contributed by atoms with Crippen LogP contribution in [0, 0.1) is 6.92 Å². The van der Waals surface area contributed by atoms with Crippen LogP contribution in [0.5, 0.6) is 5.75 Å². The third-order valence-electron chi connectivity index (χ3n) is 3.10. The highest BCUT2D eigenvalue weighted by molar-refractivity contribution is 5.85. The Morgan fingerprint density at radius 1 is 1.37 bits per heavy atom. The van der Waals surface area contributed by atoms with Gasteiger partial charge < -0.3 is 9.84 Å². The molecule has 1 rings (SSSR count). The molecule has 19 heavy (non-hydrogen) atoms. The molecule has 0 aliphatic carbocycles. The van der Waals surface area contributed by atoms with E-state index in [1.807, 2.05) is 26.0 Å². The molecule has 3 heteroatoms. The quantitative estimate of drug-likeness (QED) is 0.812. The predicted molar refractivity (Wildman–Crippen MR) is 80.7 cm³/mol. The third-order valence-corrected chi connectivity index (χ3v) is 3.10. The Bertz CT molecular complexity index is 470. The minimum absolute atomic E-state index is 0.682. The highest BCUT2D eigenvalue weighted by Gasteiger charge is 2.22. The van der Waals surface area contributed by atoms with Crippen LogP contribution in [-0.2, 0) is 5.60 Å². The van der Waals surface area contributed by atoms with Crippen LogP contribution >= 0.6 is 0 Å². The summed E-state index contributed by atoms with van der Waals surface area (Å²) in [6.07, 6.45) is 2.09. The number of ether oxygens (including phenoxy) is 1. The standard InChI is InChI=1S/C16H25NO2/c1-7-8-12(3)17-14-10-15(19-6)13(9-11(14)2)16(4,5)18/h9-10,18H,7-8H2,1-6H3. The molecule has 0 radical (unpaired) electrons. The van der Waals surface area contributed by atoms with E-state index < -0.39 is 5.60 Å². The zero-order chi connectivity index (χ0) is 14.6. The molecule has 3 nitrogen and oxygen atoms in total. The number of benzene rings is 1. The first-order valence-electron chi connectivity index (χ1n) is 6.75. The maximum atomic E-state index is 10.2. The molecule has 0 spiro atoms. The van der Waals surface area contributed by atoms with Crippen molar-refractivity contribution in [2.45, 2.75) is 53.1 Å². The van der Waals surface area contributed by atoms with Gasteiger partial charge in [0.2, 0.25) is 0 Å². The molecule has 0 amide bonds. The fourth-order valence-electron chi connectivity index (χ4n) is 2.07. The zero-order valence-electron chi connectivity index (χ0n) is 12.9. The van der Waals surface area contributed by atoms with Crippen molar-refractivity contribution in [3.63, 3.8) is 0 Å². The van der Waals surface area contributed by atoms with Gasteiger partial charge in [0.15, 0.2) is 0 Å². The van der Waals surface area contributed by atoms with Crippen molar-refractivity contribution in [1.82, 2.24) is 0 Å². The summed E-state index contributed by atoms with van der Waals surface area (Å²) in [6.45, 7) is 9.71. The molecule has 0 saturated carbocycles. The van der Waals surface area contributed by atoms with Crippen molar-refractivity contribution < 1.29 is 9.84 Å². The predicted octanol–water partition coefficient (Wildman–Crippen LogP) is 4.12. The van der Waals surface area contributed by atoms with Gasteiger partial charge in [0.05, 0.1) is 18.4 Å². The second-order valence-electron chi connectivity index (χ2n) is 5.50. The molecular weight excluding hydrogens is 238 g/mol. The number of nitrogens with zero attached hydrogens (tertiary/aromatic N) is 1. The molecule has 1 N–H and O–H groups in total. The second-order valence-corrected chi connectivity index (χ2v) is 5.50. The summed E-state index contributed by atoms with van der Waals surface area (Å²) in [4.78, 5) is 4.64. The molecule has 1 aromatic carbocycles. The maximum Gasteiger partial charge on any atom is 0.127 e. The minimum atomic E-state index is -0.920. The first kappa shape index (κ1) is 15.7. The molecule has 1 aromatic rings. The van der Waals surface area contributed by atoms with Crippen LogP contribution in [0.1, 0.15) is 51.7 Å². The Morgan fingerprint density at radius 2 is 2.00 bits per heavy atom. The average molecular weight is 263 g/mol. The van der Waals surface area contributed by atoms with Crippen LogP contribution in [0.15, 0.2) is 17.1 Å². The lowest BCUT2D eigenvalue weighted by atomic mass is 9.95. The maximum absolute atomic E-state index is 10.2. The van der Waals surface area contributed by atoms with E-state index in [-0.39, 0.29) is 0 Å². The van der Waals surface area contributed by atoms with E-state index in [4.69, 9.17) is 4.74 Å². The van der Waals surface area contributed by atoms with E-state index in [9.17, 15) is 5.11 Å². The van der Waals surface area contributed by atoms with Crippen LogP contribution in [0.2, 0.25) is 0 Å². The molecule has 0 saturated heterocycles. The minimum Gasteiger partial charge on any atom is -0.496 e. The fourth-order valence-corrected chi connectivity index (χ4v) is 2.07. The zero-order valence-corrected chi connectivity index (χ0v) is 12.9. The van der Waals surface area contributed by atoms with Crippen LogP contribution in [-0.4, -0.2) is 17.9 Å². The van der Waals surface area contributed by atoms with Gasteiger partial charge in [0.1, 0.15) is 5.75 Å². The Hall–Kier alpha value is -1.35. The number of aryl methyl sites for hydroxylation is 1. The number of hydrogen-bond acceptors (Lipinski definition) is 3. The van der Waals surface area contributed by atoms with E-state index in [1.54, 1.807) is 21.0 Å². The van der Waals surface area contributed by atoms with Gasteiger partial charge in [-0.1, -0.05) is 13.3 Å². The number of aliphatic imine (C=N–C) groups is 1. The smallest absolute Gasteiger partial charge is 0.127 e. The SMILES string of the molecule is CCCC(C)=Nc1cc(OC)c(C(C)(C)O)cc1C. The lowest BCUT2D eigenvalue weighted by Crippen LogP contribution is -2.17. The summed E-state index contributed by atoms with van der Waals surface area (Å²) in [5.74, 6) is 0.682. The lowest BCUT2D eigenvalue weighted by Gasteiger charge is -2.22. The number of hydrogen-bond donors (Lipinski definition) is 1. The molecule has 0 atom stereocenters. The summed E-state index contributed by atoms with van der Waals surface area (Å²) >= 11 is 0. The molecular formula is C16H25NO2. The van der Waals surface area contributed by atoms with Crippen molar-refractivity contribution in [3.8, 4) is 5.75 Å². The highest BCUT2D eigenvalue weighted by atomic mass is 16.5. The molecule has 0 heterocycles. The topological polar surface area (TPSA) is 41.8 Å². The second kappa shape index (κ2) is 6.20. The third kappa shape index (κ3) is 4.06. The molecule has 106 valence electrons. The average Bonchev–Trinajstić information content (AvgIpc) is 2.30. The van der Waals surface area contributed by atoms with Crippen LogP contribution in [0.3, 0.4) is 0 Å². The summed E-state index contributed by atoms with van der Waals surface area (Å²) in [6, 6.07) is 3.86. The van der Waals surface area contributed by atoms with Gasteiger partial charge in [0, 0.05) is 17.3 Å².